The summed E-state index contributed by atoms with van der Waals surface area (Å²) < 4.78 is 20.6. The van der Waals surface area contributed by atoms with E-state index in [9.17, 15) is 4.79 Å². The molecule has 0 aliphatic rings. The molecule has 0 saturated carbocycles. The molecule has 0 amide bonds. The van der Waals surface area contributed by atoms with Gasteiger partial charge in [-0.3, -0.25) is 4.79 Å². The Morgan fingerprint density at radius 1 is 1.00 bits per heavy atom. The zero-order valence-corrected chi connectivity index (χ0v) is 12.9. The summed E-state index contributed by atoms with van der Waals surface area (Å²) in [6, 6.07) is 6.80. The Morgan fingerprint density at radius 2 is 1.62 bits per heavy atom. The Hall–Kier alpha value is -0.980. The van der Waals surface area contributed by atoms with Crippen molar-refractivity contribution in [3.63, 3.8) is 0 Å². The Labute approximate surface area is 130 Å². The Bertz CT molecular complexity index is 411. The molecule has 21 heavy (non-hydrogen) atoms. The summed E-state index contributed by atoms with van der Waals surface area (Å²) in [6.45, 7) is 2.97. The van der Waals surface area contributed by atoms with E-state index in [1.807, 2.05) is 0 Å². The summed E-state index contributed by atoms with van der Waals surface area (Å²) in [4.78, 5) is 11.8. The van der Waals surface area contributed by atoms with Crippen molar-refractivity contribution in [3.8, 4) is 0 Å². The lowest BCUT2D eigenvalue weighted by atomic mass is 10.1. The molecule has 0 fully saturated rings. The van der Waals surface area contributed by atoms with Crippen LogP contribution in [0.25, 0.3) is 0 Å². The number of carbonyl (C=O) groups excluding carboxylic acids is 1. The van der Waals surface area contributed by atoms with Crippen LogP contribution in [0, 0.1) is 0 Å². The number of carbonyl (C=O) groups is 1. The molecule has 0 aromatic heterocycles. The van der Waals surface area contributed by atoms with Gasteiger partial charge in [0.05, 0.1) is 39.6 Å². The number of hydrogen-bond acceptors (Lipinski definition) is 5. The number of benzene rings is 1. The van der Waals surface area contributed by atoms with Crippen molar-refractivity contribution >= 4 is 17.4 Å². The SMILES string of the molecule is COCCOCCOCCOCC(=O)c1cccc(Cl)c1. The standard InChI is InChI=1S/C15H21ClO5/c1-18-5-6-19-7-8-20-9-10-21-12-15(17)13-3-2-4-14(16)11-13/h2-4,11H,5-10,12H2,1H3. The molecule has 1 rings (SSSR count). The maximum Gasteiger partial charge on any atom is 0.188 e. The topological polar surface area (TPSA) is 54.0 Å². The lowest BCUT2D eigenvalue weighted by Gasteiger charge is -2.06. The van der Waals surface area contributed by atoms with Gasteiger partial charge in [-0.2, -0.15) is 0 Å². The van der Waals surface area contributed by atoms with Crippen molar-refractivity contribution in [1.82, 2.24) is 0 Å². The summed E-state index contributed by atoms with van der Waals surface area (Å²) in [7, 11) is 1.63. The van der Waals surface area contributed by atoms with Crippen LogP contribution in [-0.2, 0) is 18.9 Å². The number of ether oxygens (including phenoxy) is 4. The van der Waals surface area contributed by atoms with Gasteiger partial charge in [0.15, 0.2) is 5.78 Å². The highest BCUT2D eigenvalue weighted by atomic mass is 35.5. The van der Waals surface area contributed by atoms with Crippen molar-refractivity contribution in [1.29, 1.82) is 0 Å². The summed E-state index contributed by atoms with van der Waals surface area (Å²) >= 11 is 5.82. The van der Waals surface area contributed by atoms with Gasteiger partial charge in [0, 0.05) is 17.7 Å². The first kappa shape index (κ1) is 18.1. The molecule has 5 nitrogen and oxygen atoms in total. The van der Waals surface area contributed by atoms with E-state index in [1.54, 1.807) is 31.4 Å². The second-order valence-corrected chi connectivity index (χ2v) is 4.64. The van der Waals surface area contributed by atoms with Crippen molar-refractivity contribution in [2.24, 2.45) is 0 Å². The molecule has 0 spiro atoms. The quantitative estimate of drug-likeness (QED) is 0.437. The van der Waals surface area contributed by atoms with Gasteiger partial charge in [-0.05, 0) is 12.1 Å². The molecule has 0 bridgehead atoms. The van der Waals surface area contributed by atoms with Crippen LogP contribution in [0.4, 0.5) is 0 Å². The van der Waals surface area contributed by atoms with E-state index in [0.29, 0.717) is 50.2 Å². The summed E-state index contributed by atoms with van der Waals surface area (Å²) in [6.07, 6.45) is 0. The van der Waals surface area contributed by atoms with Gasteiger partial charge in [-0.1, -0.05) is 23.7 Å². The lowest BCUT2D eigenvalue weighted by molar-refractivity contribution is 0.00492. The Kier molecular flexibility index (Phi) is 10.0. The smallest absolute Gasteiger partial charge is 0.188 e. The fraction of sp³-hybridized carbons (Fsp3) is 0.533. The monoisotopic (exact) mass is 316 g/mol. The minimum Gasteiger partial charge on any atom is -0.382 e. The summed E-state index contributed by atoms with van der Waals surface area (Å²) in [5.74, 6) is -0.0969. The highest BCUT2D eigenvalue weighted by Gasteiger charge is 2.06. The van der Waals surface area contributed by atoms with Crippen LogP contribution in [0.1, 0.15) is 10.4 Å². The first-order valence-electron chi connectivity index (χ1n) is 6.75. The third kappa shape index (κ3) is 8.80. The fourth-order valence-electron chi connectivity index (χ4n) is 1.49. The largest absolute Gasteiger partial charge is 0.382 e. The minimum absolute atomic E-state index is 0.0219. The molecule has 6 heteroatoms. The summed E-state index contributed by atoms with van der Waals surface area (Å²) in [5.41, 5.74) is 0.551. The van der Waals surface area contributed by atoms with Gasteiger partial charge in [-0.15, -0.1) is 0 Å². The molecular weight excluding hydrogens is 296 g/mol. The first-order chi connectivity index (χ1) is 10.2. The first-order valence-corrected chi connectivity index (χ1v) is 7.12. The van der Waals surface area contributed by atoms with E-state index in [0.717, 1.165) is 0 Å². The summed E-state index contributed by atoms with van der Waals surface area (Å²) in [5, 5.41) is 0.539. The third-order valence-corrected chi connectivity index (χ3v) is 2.79. The second kappa shape index (κ2) is 11.7. The normalized spacial score (nSPS) is 10.8. The molecule has 0 atom stereocenters. The number of ketones is 1. The Morgan fingerprint density at radius 3 is 2.24 bits per heavy atom. The van der Waals surface area contributed by atoms with E-state index in [-0.39, 0.29) is 12.4 Å². The average Bonchev–Trinajstić information content (AvgIpc) is 2.49. The van der Waals surface area contributed by atoms with Gasteiger partial charge >= 0.3 is 0 Å². The number of halogens is 1. The number of methoxy groups -OCH3 is 1. The molecule has 0 saturated heterocycles. The molecule has 0 heterocycles. The van der Waals surface area contributed by atoms with Gasteiger partial charge in [0.2, 0.25) is 0 Å². The third-order valence-electron chi connectivity index (χ3n) is 2.56. The van der Waals surface area contributed by atoms with Crippen LogP contribution in [0.15, 0.2) is 24.3 Å². The maximum atomic E-state index is 11.8. The fourth-order valence-corrected chi connectivity index (χ4v) is 1.68. The molecule has 1 aromatic carbocycles. The van der Waals surface area contributed by atoms with Gasteiger partial charge in [0.25, 0.3) is 0 Å². The molecule has 0 unspecified atom stereocenters. The molecular formula is C15H21ClO5. The van der Waals surface area contributed by atoms with E-state index in [1.165, 1.54) is 0 Å². The minimum atomic E-state index is -0.0969. The molecule has 118 valence electrons. The van der Waals surface area contributed by atoms with E-state index < -0.39 is 0 Å². The van der Waals surface area contributed by atoms with Crippen molar-refractivity contribution < 1.29 is 23.7 Å². The van der Waals surface area contributed by atoms with E-state index >= 15 is 0 Å². The molecule has 0 aliphatic heterocycles. The molecule has 1 aromatic rings. The average molecular weight is 317 g/mol. The van der Waals surface area contributed by atoms with Gasteiger partial charge in [0.1, 0.15) is 6.61 Å². The van der Waals surface area contributed by atoms with Crippen molar-refractivity contribution in [2.45, 2.75) is 0 Å². The highest BCUT2D eigenvalue weighted by Crippen LogP contribution is 2.11. The molecule has 0 aliphatic carbocycles. The maximum absolute atomic E-state index is 11.8. The van der Waals surface area contributed by atoms with Crippen LogP contribution in [0.5, 0.6) is 0 Å². The van der Waals surface area contributed by atoms with Crippen LogP contribution >= 0.6 is 11.6 Å². The van der Waals surface area contributed by atoms with Crippen LogP contribution in [0.3, 0.4) is 0 Å². The second-order valence-electron chi connectivity index (χ2n) is 4.20. The van der Waals surface area contributed by atoms with Crippen molar-refractivity contribution in [3.05, 3.63) is 34.9 Å². The zero-order valence-electron chi connectivity index (χ0n) is 12.2. The predicted octanol–water partition coefficient (Wildman–Crippen LogP) is 2.22. The van der Waals surface area contributed by atoms with Crippen LogP contribution in [-0.4, -0.2) is 59.1 Å². The molecule has 0 radical (unpaired) electrons. The Balaban J connectivity index is 1.98. The number of hydrogen-bond donors (Lipinski definition) is 0. The van der Waals surface area contributed by atoms with Crippen LogP contribution in [0.2, 0.25) is 5.02 Å². The lowest BCUT2D eigenvalue weighted by Crippen LogP contribution is -2.14. The zero-order chi connectivity index (χ0) is 15.3. The highest BCUT2D eigenvalue weighted by molar-refractivity contribution is 6.31. The van der Waals surface area contributed by atoms with E-state index in [4.69, 9.17) is 30.5 Å². The predicted molar refractivity (Wildman–Crippen MR) is 80.1 cm³/mol. The van der Waals surface area contributed by atoms with Gasteiger partial charge in [-0.25, -0.2) is 0 Å². The number of Topliss-reactive ketones (excluding diaryl/α,β-unsaturated/α-hetero) is 1. The van der Waals surface area contributed by atoms with Crippen LogP contribution < -0.4 is 0 Å². The van der Waals surface area contributed by atoms with Crippen molar-refractivity contribution in [2.75, 3.05) is 53.4 Å². The molecule has 0 N–H and O–H groups in total. The van der Waals surface area contributed by atoms with Gasteiger partial charge < -0.3 is 18.9 Å². The van der Waals surface area contributed by atoms with E-state index in [2.05, 4.69) is 0 Å². The number of rotatable bonds is 12.